The first-order valence-corrected chi connectivity index (χ1v) is 6.86. The van der Waals surface area contributed by atoms with Crippen LogP contribution in [0.25, 0.3) is 22.0 Å². The first kappa shape index (κ1) is 14.2. The van der Waals surface area contributed by atoms with Crippen molar-refractivity contribution in [3.63, 3.8) is 0 Å². The predicted molar refractivity (Wildman–Crippen MR) is 83.6 cm³/mol. The molecule has 3 nitrogen and oxygen atoms in total. The number of benzene rings is 2. The average Bonchev–Trinajstić information content (AvgIpc) is 2.47. The van der Waals surface area contributed by atoms with Gasteiger partial charge in [-0.15, -0.1) is 0 Å². The van der Waals surface area contributed by atoms with Gasteiger partial charge in [0.2, 0.25) is 0 Å². The quantitative estimate of drug-likeness (QED) is 0.764. The predicted octanol–water partition coefficient (Wildman–Crippen LogP) is 4.36. The van der Waals surface area contributed by atoms with Crippen LogP contribution in [0.1, 0.15) is 21.5 Å². The van der Waals surface area contributed by atoms with Gasteiger partial charge in [0, 0.05) is 17.1 Å². The Morgan fingerprint density at radius 2 is 1.86 bits per heavy atom. The van der Waals surface area contributed by atoms with Crippen LogP contribution in [0.5, 0.6) is 0 Å². The van der Waals surface area contributed by atoms with E-state index in [2.05, 4.69) is 4.98 Å². The van der Waals surface area contributed by atoms with Gasteiger partial charge < -0.3 is 5.11 Å². The van der Waals surface area contributed by atoms with Crippen LogP contribution in [0.3, 0.4) is 0 Å². The molecule has 0 bridgehead atoms. The number of rotatable bonds is 2. The number of nitrogens with zero attached hydrogens (tertiary/aromatic N) is 1. The molecule has 2 aromatic carbocycles. The number of carboxylic acid groups (broad SMARTS) is 1. The van der Waals surface area contributed by atoms with Crippen molar-refractivity contribution in [3.05, 3.63) is 65.1 Å². The molecule has 1 heterocycles. The lowest BCUT2D eigenvalue weighted by Gasteiger charge is -2.10. The van der Waals surface area contributed by atoms with Gasteiger partial charge in [-0.05, 0) is 54.8 Å². The lowest BCUT2D eigenvalue weighted by atomic mass is 9.96. The Morgan fingerprint density at radius 1 is 1.09 bits per heavy atom. The zero-order valence-corrected chi connectivity index (χ0v) is 12.2. The Labute approximate surface area is 127 Å². The van der Waals surface area contributed by atoms with Crippen LogP contribution in [-0.4, -0.2) is 16.1 Å². The van der Waals surface area contributed by atoms with Gasteiger partial charge in [0.25, 0.3) is 0 Å². The molecule has 0 fully saturated rings. The monoisotopic (exact) mass is 295 g/mol. The van der Waals surface area contributed by atoms with Gasteiger partial charge in [-0.3, -0.25) is 4.98 Å². The smallest absolute Gasteiger partial charge is 0.335 e. The summed E-state index contributed by atoms with van der Waals surface area (Å²) in [7, 11) is 0. The van der Waals surface area contributed by atoms with Crippen LogP contribution in [-0.2, 0) is 0 Å². The number of halogens is 1. The molecule has 0 aliphatic rings. The minimum Gasteiger partial charge on any atom is -0.478 e. The molecule has 0 radical (unpaired) electrons. The normalized spacial score (nSPS) is 10.9. The average molecular weight is 295 g/mol. The molecule has 0 unspecified atom stereocenters. The van der Waals surface area contributed by atoms with Crippen molar-refractivity contribution in [3.8, 4) is 11.1 Å². The van der Waals surface area contributed by atoms with E-state index < -0.39 is 5.97 Å². The van der Waals surface area contributed by atoms with E-state index >= 15 is 0 Å². The van der Waals surface area contributed by atoms with Gasteiger partial charge in [0.15, 0.2) is 0 Å². The third kappa shape index (κ3) is 2.33. The fourth-order valence-corrected chi connectivity index (χ4v) is 2.63. The summed E-state index contributed by atoms with van der Waals surface area (Å²) in [6.45, 7) is 3.63. The van der Waals surface area contributed by atoms with Crippen LogP contribution in [0, 0.1) is 19.7 Å². The molecule has 0 saturated carbocycles. The summed E-state index contributed by atoms with van der Waals surface area (Å²) in [5.74, 6) is -1.34. The summed E-state index contributed by atoms with van der Waals surface area (Å²) >= 11 is 0. The number of carboxylic acids is 1. The van der Waals surface area contributed by atoms with Gasteiger partial charge in [-0.1, -0.05) is 12.1 Å². The maximum Gasteiger partial charge on any atom is 0.335 e. The van der Waals surface area contributed by atoms with Gasteiger partial charge in [-0.2, -0.15) is 0 Å². The lowest BCUT2D eigenvalue weighted by Crippen LogP contribution is -1.99. The van der Waals surface area contributed by atoms with E-state index in [1.807, 2.05) is 13.0 Å². The Hall–Kier alpha value is -2.75. The summed E-state index contributed by atoms with van der Waals surface area (Å²) in [6, 6.07) is 9.84. The van der Waals surface area contributed by atoms with Crippen molar-refractivity contribution in [1.29, 1.82) is 0 Å². The number of hydrogen-bond donors (Lipinski definition) is 1. The molecule has 0 aliphatic heterocycles. The topological polar surface area (TPSA) is 50.2 Å². The van der Waals surface area contributed by atoms with Crippen molar-refractivity contribution in [2.24, 2.45) is 0 Å². The van der Waals surface area contributed by atoms with Crippen LogP contribution in [0.4, 0.5) is 4.39 Å². The van der Waals surface area contributed by atoms with E-state index in [4.69, 9.17) is 0 Å². The molecule has 3 aromatic rings. The van der Waals surface area contributed by atoms with E-state index in [-0.39, 0.29) is 11.4 Å². The second kappa shape index (κ2) is 5.22. The maximum absolute atomic E-state index is 14.3. The zero-order chi connectivity index (χ0) is 15.9. The Bertz CT molecular complexity index is 903. The number of hydrogen-bond acceptors (Lipinski definition) is 2. The van der Waals surface area contributed by atoms with Gasteiger partial charge >= 0.3 is 5.97 Å². The third-order valence-electron chi connectivity index (χ3n) is 3.70. The van der Waals surface area contributed by atoms with E-state index in [1.54, 1.807) is 37.4 Å². The first-order valence-electron chi connectivity index (χ1n) is 6.86. The highest BCUT2D eigenvalue weighted by Gasteiger charge is 2.13. The SMILES string of the molecule is Cc1ccc(-c2ccnc3c(C)cc(C(=O)O)cc23)c(F)c1. The maximum atomic E-state index is 14.3. The molecule has 0 atom stereocenters. The number of fused-ring (bicyclic) bond motifs is 1. The Morgan fingerprint density at radius 3 is 2.55 bits per heavy atom. The number of carbonyl (C=O) groups is 1. The van der Waals surface area contributed by atoms with Crippen molar-refractivity contribution >= 4 is 16.9 Å². The van der Waals surface area contributed by atoms with Gasteiger partial charge in [-0.25, -0.2) is 9.18 Å². The van der Waals surface area contributed by atoms with Crippen molar-refractivity contribution in [1.82, 2.24) is 4.98 Å². The molecule has 110 valence electrons. The second-order valence-corrected chi connectivity index (χ2v) is 5.34. The molecule has 1 aromatic heterocycles. The fraction of sp³-hybridized carbons (Fsp3) is 0.111. The highest BCUT2D eigenvalue weighted by atomic mass is 19.1. The largest absolute Gasteiger partial charge is 0.478 e. The molecule has 0 amide bonds. The molecule has 0 aliphatic carbocycles. The summed E-state index contributed by atoms with van der Waals surface area (Å²) in [4.78, 5) is 15.6. The van der Waals surface area contributed by atoms with Crippen molar-refractivity contribution in [2.75, 3.05) is 0 Å². The van der Waals surface area contributed by atoms with Crippen LogP contribution >= 0.6 is 0 Å². The number of aryl methyl sites for hydroxylation is 2. The number of pyridine rings is 1. The van der Waals surface area contributed by atoms with Crippen molar-refractivity contribution < 1.29 is 14.3 Å². The minimum atomic E-state index is -1.01. The molecular formula is C18H14FNO2. The summed E-state index contributed by atoms with van der Waals surface area (Å²) in [5.41, 5.74) is 3.54. The zero-order valence-electron chi connectivity index (χ0n) is 12.2. The third-order valence-corrected chi connectivity index (χ3v) is 3.70. The lowest BCUT2D eigenvalue weighted by molar-refractivity contribution is 0.0697. The van der Waals surface area contributed by atoms with E-state index in [0.717, 1.165) is 11.1 Å². The molecule has 0 saturated heterocycles. The molecule has 0 spiro atoms. The van der Waals surface area contributed by atoms with Gasteiger partial charge in [0.05, 0.1) is 11.1 Å². The minimum absolute atomic E-state index is 0.173. The van der Waals surface area contributed by atoms with Crippen LogP contribution in [0.15, 0.2) is 42.6 Å². The number of aromatic nitrogens is 1. The summed E-state index contributed by atoms with van der Waals surface area (Å²) in [5, 5.41) is 9.87. The highest BCUT2D eigenvalue weighted by Crippen LogP contribution is 2.32. The standard InChI is InChI=1S/C18H14FNO2/c1-10-3-4-14(16(19)7-10)13-5-6-20-17-11(2)8-12(18(21)22)9-15(13)17/h3-9H,1-2H3,(H,21,22). The molecule has 4 heteroatoms. The van der Waals surface area contributed by atoms with Crippen LogP contribution < -0.4 is 0 Å². The van der Waals surface area contributed by atoms with E-state index in [9.17, 15) is 14.3 Å². The Balaban J connectivity index is 2.36. The van der Waals surface area contributed by atoms with E-state index in [1.165, 1.54) is 6.07 Å². The molecule has 22 heavy (non-hydrogen) atoms. The van der Waals surface area contributed by atoms with E-state index in [0.29, 0.717) is 22.0 Å². The summed E-state index contributed by atoms with van der Waals surface area (Å²) < 4.78 is 14.3. The van der Waals surface area contributed by atoms with Crippen LogP contribution in [0.2, 0.25) is 0 Å². The fourth-order valence-electron chi connectivity index (χ4n) is 2.63. The second-order valence-electron chi connectivity index (χ2n) is 5.34. The highest BCUT2D eigenvalue weighted by molar-refractivity contribution is 6.01. The molecule has 3 rings (SSSR count). The van der Waals surface area contributed by atoms with Gasteiger partial charge in [0.1, 0.15) is 5.82 Å². The number of aromatic carboxylic acids is 1. The molecule has 1 N–H and O–H groups in total. The van der Waals surface area contributed by atoms with Crippen molar-refractivity contribution in [2.45, 2.75) is 13.8 Å². The Kier molecular flexibility index (Phi) is 3.37. The summed E-state index contributed by atoms with van der Waals surface area (Å²) in [6.07, 6.45) is 1.62. The molecular weight excluding hydrogens is 281 g/mol. The first-order chi connectivity index (χ1) is 10.5.